The first kappa shape index (κ1) is 16.4. The number of phenols is 1. The zero-order chi connectivity index (χ0) is 16.9. The van der Waals surface area contributed by atoms with Gasteiger partial charge in [-0.1, -0.05) is 42.5 Å². The van der Waals surface area contributed by atoms with Crippen molar-refractivity contribution < 1.29 is 14.6 Å². The van der Waals surface area contributed by atoms with Gasteiger partial charge < -0.3 is 14.7 Å². The van der Waals surface area contributed by atoms with Crippen LogP contribution in [0.4, 0.5) is 4.79 Å². The van der Waals surface area contributed by atoms with Gasteiger partial charge >= 0.3 is 6.09 Å². The van der Waals surface area contributed by atoms with Crippen molar-refractivity contribution in [3.63, 3.8) is 0 Å². The molecule has 0 spiro atoms. The van der Waals surface area contributed by atoms with Crippen molar-refractivity contribution in [2.75, 3.05) is 13.1 Å². The molecule has 0 aromatic heterocycles. The van der Waals surface area contributed by atoms with E-state index in [1.165, 1.54) is 0 Å². The maximum absolute atomic E-state index is 12.3. The van der Waals surface area contributed by atoms with E-state index >= 15 is 0 Å². The normalized spacial score (nSPS) is 17.5. The van der Waals surface area contributed by atoms with Gasteiger partial charge in [0.15, 0.2) is 0 Å². The fourth-order valence-corrected chi connectivity index (χ4v) is 3.11. The van der Waals surface area contributed by atoms with Crippen molar-refractivity contribution in [2.24, 2.45) is 0 Å². The number of amides is 1. The van der Waals surface area contributed by atoms with Crippen molar-refractivity contribution in [1.82, 2.24) is 4.90 Å². The fraction of sp³-hybridized carbons (Fsp3) is 0.350. The molecule has 24 heavy (non-hydrogen) atoms. The third-order valence-electron chi connectivity index (χ3n) is 4.59. The second-order valence-corrected chi connectivity index (χ2v) is 6.37. The molecule has 0 bridgehead atoms. The lowest BCUT2D eigenvalue weighted by molar-refractivity contribution is 0.0858. The highest BCUT2D eigenvalue weighted by Gasteiger charge is 2.26. The van der Waals surface area contributed by atoms with Crippen molar-refractivity contribution in [1.29, 1.82) is 0 Å². The lowest BCUT2D eigenvalue weighted by Crippen LogP contribution is -2.39. The second kappa shape index (κ2) is 7.39. The Kier molecular flexibility index (Phi) is 5.04. The molecule has 0 radical (unpaired) electrons. The quantitative estimate of drug-likeness (QED) is 0.919. The van der Waals surface area contributed by atoms with E-state index in [-0.39, 0.29) is 12.0 Å². The van der Waals surface area contributed by atoms with Crippen LogP contribution in [0.5, 0.6) is 5.75 Å². The standard InChI is InChI=1S/C20H23NO3/c1-15-9-10-17(12-19(15)22)18-8-5-11-21(13-18)20(23)24-14-16-6-3-2-4-7-16/h2-4,6-7,9-10,12,18,22H,5,8,11,13-14H2,1H3. The van der Waals surface area contributed by atoms with E-state index in [4.69, 9.17) is 4.74 Å². The van der Waals surface area contributed by atoms with Crippen LogP contribution in [0.1, 0.15) is 35.4 Å². The van der Waals surface area contributed by atoms with Crippen LogP contribution in [0.3, 0.4) is 0 Å². The molecule has 1 fully saturated rings. The van der Waals surface area contributed by atoms with Gasteiger partial charge in [-0.15, -0.1) is 0 Å². The molecular weight excluding hydrogens is 302 g/mol. The zero-order valence-corrected chi connectivity index (χ0v) is 13.9. The SMILES string of the molecule is Cc1ccc(C2CCCN(C(=O)OCc3ccccc3)C2)cc1O. The molecule has 1 aliphatic rings. The largest absolute Gasteiger partial charge is 0.508 e. The summed E-state index contributed by atoms with van der Waals surface area (Å²) < 4.78 is 5.43. The van der Waals surface area contributed by atoms with Gasteiger partial charge in [0.2, 0.25) is 0 Å². The smallest absolute Gasteiger partial charge is 0.410 e. The van der Waals surface area contributed by atoms with Gasteiger partial charge in [-0.2, -0.15) is 0 Å². The van der Waals surface area contributed by atoms with Crippen molar-refractivity contribution in [3.05, 3.63) is 65.2 Å². The number of aryl methyl sites for hydroxylation is 1. The van der Waals surface area contributed by atoms with E-state index in [0.717, 1.165) is 36.1 Å². The summed E-state index contributed by atoms with van der Waals surface area (Å²) in [5.41, 5.74) is 2.94. The number of hydrogen-bond donors (Lipinski definition) is 1. The van der Waals surface area contributed by atoms with E-state index in [2.05, 4.69) is 0 Å². The number of rotatable bonds is 3. The highest BCUT2D eigenvalue weighted by molar-refractivity contribution is 5.68. The molecule has 2 aromatic carbocycles. The predicted octanol–water partition coefficient (Wildman–Crippen LogP) is 4.22. The first-order valence-corrected chi connectivity index (χ1v) is 8.38. The third-order valence-corrected chi connectivity index (χ3v) is 4.59. The van der Waals surface area contributed by atoms with Crippen LogP contribution in [-0.2, 0) is 11.3 Å². The highest BCUT2D eigenvalue weighted by Crippen LogP contribution is 2.30. The van der Waals surface area contributed by atoms with E-state index < -0.39 is 0 Å². The van der Waals surface area contributed by atoms with Crippen LogP contribution in [0.25, 0.3) is 0 Å². The van der Waals surface area contributed by atoms with Crippen LogP contribution in [0, 0.1) is 6.92 Å². The van der Waals surface area contributed by atoms with Gasteiger partial charge in [0.25, 0.3) is 0 Å². The minimum absolute atomic E-state index is 0.245. The molecule has 1 unspecified atom stereocenters. The number of phenolic OH excluding ortho intramolecular Hbond substituents is 1. The van der Waals surface area contributed by atoms with E-state index in [1.807, 2.05) is 55.5 Å². The summed E-state index contributed by atoms with van der Waals surface area (Å²) in [5, 5.41) is 9.91. The van der Waals surface area contributed by atoms with Crippen LogP contribution in [-0.4, -0.2) is 29.2 Å². The van der Waals surface area contributed by atoms with Crippen molar-refractivity contribution >= 4 is 6.09 Å². The number of aromatic hydroxyl groups is 1. The number of nitrogens with zero attached hydrogens (tertiary/aromatic N) is 1. The summed E-state index contributed by atoms with van der Waals surface area (Å²) in [6.45, 7) is 3.54. The minimum Gasteiger partial charge on any atom is -0.508 e. The highest BCUT2D eigenvalue weighted by atomic mass is 16.6. The molecule has 0 aliphatic carbocycles. The van der Waals surface area contributed by atoms with Gasteiger partial charge in [-0.25, -0.2) is 4.79 Å². The summed E-state index contributed by atoms with van der Waals surface area (Å²) in [6, 6.07) is 15.5. The molecule has 2 aromatic rings. The Balaban J connectivity index is 1.60. The molecule has 1 heterocycles. The fourth-order valence-electron chi connectivity index (χ4n) is 3.11. The summed E-state index contributed by atoms with van der Waals surface area (Å²) in [6.07, 6.45) is 1.70. The van der Waals surface area contributed by atoms with Crippen molar-refractivity contribution in [2.45, 2.75) is 32.3 Å². The molecular formula is C20H23NO3. The van der Waals surface area contributed by atoms with E-state index in [0.29, 0.717) is 18.9 Å². The Morgan fingerprint density at radius 2 is 2.04 bits per heavy atom. The Labute approximate surface area is 142 Å². The molecule has 4 nitrogen and oxygen atoms in total. The molecule has 126 valence electrons. The minimum atomic E-state index is -0.264. The summed E-state index contributed by atoms with van der Waals surface area (Å²) in [7, 11) is 0. The van der Waals surface area contributed by atoms with E-state index in [9.17, 15) is 9.90 Å². The number of benzene rings is 2. The van der Waals surface area contributed by atoms with E-state index in [1.54, 1.807) is 4.90 Å². The Morgan fingerprint density at radius 1 is 1.25 bits per heavy atom. The number of carbonyl (C=O) groups excluding carboxylic acids is 1. The molecule has 3 rings (SSSR count). The first-order valence-electron chi connectivity index (χ1n) is 8.38. The third kappa shape index (κ3) is 3.88. The maximum Gasteiger partial charge on any atom is 0.410 e. The molecule has 1 saturated heterocycles. The molecule has 0 saturated carbocycles. The second-order valence-electron chi connectivity index (χ2n) is 6.37. The number of piperidine rings is 1. The Morgan fingerprint density at radius 3 is 2.79 bits per heavy atom. The van der Waals surface area contributed by atoms with Gasteiger partial charge in [-0.3, -0.25) is 0 Å². The Hall–Kier alpha value is -2.49. The number of hydrogen-bond acceptors (Lipinski definition) is 3. The average Bonchev–Trinajstić information content (AvgIpc) is 2.63. The Bertz CT molecular complexity index is 699. The number of carbonyl (C=O) groups is 1. The monoisotopic (exact) mass is 325 g/mol. The lowest BCUT2D eigenvalue weighted by Gasteiger charge is -2.32. The first-order chi connectivity index (χ1) is 11.6. The van der Waals surface area contributed by atoms with Gasteiger partial charge in [0, 0.05) is 19.0 Å². The van der Waals surface area contributed by atoms with Gasteiger partial charge in [0.05, 0.1) is 0 Å². The van der Waals surface area contributed by atoms with Crippen LogP contribution in [0.2, 0.25) is 0 Å². The predicted molar refractivity (Wildman–Crippen MR) is 93.0 cm³/mol. The van der Waals surface area contributed by atoms with Gasteiger partial charge in [0.1, 0.15) is 12.4 Å². The summed E-state index contributed by atoms with van der Waals surface area (Å²) in [4.78, 5) is 14.1. The summed E-state index contributed by atoms with van der Waals surface area (Å²) in [5.74, 6) is 0.561. The topological polar surface area (TPSA) is 49.8 Å². The summed E-state index contributed by atoms with van der Waals surface area (Å²) >= 11 is 0. The molecule has 1 atom stereocenters. The van der Waals surface area contributed by atoms with Crippen LogP contribution < -0.4 is 0 Å². The zero-order valence-electron chi connectivity index (χ0n) is 13.9. The number of ether oxygens (including phenoxy) is 1. The van der Waals surface area contributed by atoms with Crippen LogP contribution >= 0.6 is 0 Å². The van der Waals surface area contributed by atoms with Crippen LogP contribution in [0.15, 0.2) is 48.5 Å². The maximum atomic E-state index is 12.3. The lowest BCUT2D eigenvalue weighted by atomic mass is 9.90. The molecule has 1 aliphatic heterocycles. The average molecular weight is 325 g/mol. The van der Waals surface area contributed by atoms with Crippen molar-refractivity contribution in [3.8, 4) is 5.75 Å². The van der Waals surface area contributed by atoms with Gasteiger partial charge in [-0.05, 0) is 42.5 Å². The molecule has 4 heteroatoms. The molecule has 1 N–H and O–H groups in total. The molecule has 1 amide bonds. The number of likely N-dealkylation sites (tertiary alicyclic amines) is 1.